The van der Waals surface area contributed by atoms with Crippen LogP contribution in [0.2, 0.25) is 0 Å². The van der Waals surface area contributed by atoms with Gasteiger partial charge >= 0.3 is 0 Å². The second-order valence-corrected chi connectivity index (χ2v) is 9.71. The first-order valence-corrected chi connectivity index (χ1v) is 12.8. The van der Waals surface area contributed by atoms with Gasteiger partial charge in [0.2, 0.25) is 12.3 Å². The van der Waals surface area contributed by atoms with Crippen molar-refractivity contribution >= 4 is 18.4 Å². The van der Waals surface area contributed by atoms with Crippen molar-refractivity contribution in [3.8, 4) is 16.9 Å². The van der Waals surface area contributed by atoms with Gasteiger partial charge in [-0.15, -0.1) is 0 Å². The highest BCUT2D eigenvalue weighted by molar-refractivity contribution is 5.86. The molecule has 9 heteroatoms. The number of nitrogens with zero attached hydrogens (tertiary/aromatic N) is 1. The van der Waals surface area contributed by atoms with E-state index in [4.69, 9.17) is 4.42 Å². The third-order valence-corrected chi connectivity index (χ3v) is 6.83. The van der Waals surface area contributed by atoms with E-state index in [9.17, 15) is 19.8 Å². The van der Waals surface area contributed by atoms with Crippen molar-refractivity contribution in [2.24, 2.45) is 0 Å². The lowest BCUT2D eigenvalue weighted by Gasteiger charge is -2.26. The smallest absolute Gasteiger partial charge is 0.248 e. The molecule has 41 heavy (non-hydrogen) atoms. The molecule has 1 unspecified atom stereocenters. The topological polar surface area (TPSA) is 103 Å². The molecule has 0 fully saturated rings. The zero-order valence-corrected chi connectivity index (χ0v) is 22.8. The summed E-state index contributed by atoms with van der Waals surface area (Å²) < 4.78 is 35.6. The molecule has 212 valence electrons. The molecule has 4 rings (SSSR count). The SMILES string of the molecule is Cc1ccoc1/C=C\N(C=O)C(C(=O)NCc1cc(-c2c(C)cccc2O)cc(C)c1F)c1cc(CO)ccc1F. The van der Waals surface area contributed by atoms with E-state index in [1.165, 1.54) is 42.8 Å². The van der Waals surface area contributed by atoms with Crippen LogP contribution in [-0.2, 0) is 22.7 Å². The number of phenolic OH excluding ortho intramolecular Hbond substituents is 1. The van der Waals surface area contributed by atoms with Crippen LogP contribution < -0.4 is 5.32 Å². The number of rotatable bonds is 10. The van der Waals surface area contributed by atoms with Crippen molar-refractivity contribution < 1.29 is 33.0 Å². The fraction of sp³-hybridized carbons (Fsp3) is 0.188. The fourth-order valence-corrected chi connectivity index (χ4v) is 4.65. The highest BCUT2D eigenvalue weighted by Crippen LogP contribution is 2.34. The van der Waals surface area contributed by atoms with Gasteiger partial charge in [0, 0.05) is 29.4 Å². The summed E-state index contributed by atoms with van der Waals surface area (Å²) in [5.41, 5.74) is 3.29. The van der Waals surface area contributed by atoms with Gasteiger partial charge in [0.1, 0.15) is 29.2 Å². The Balaban J connectivity index is 1.70. The maximum Gasteiger partial charge on any atom is 0.248 e. The molecule has 0 bridgehead atoms. The number of halogens is 2. The average molecular weight is 561 g/mol. The fourth-order valence-electron chi connectivity index (χ4n) is 4.65. The quantitative estimate of drug-likeness (QED) is 0.212. The minimum Gasteiger partial charge on any atom is -0.507 e. The zero-order valence-electron chi connectivity index (χ0n) is 22.8. The molecule has 3 N–H and O–H groups in total. The van der Waals surface area contributed by atoms with Crippen LogP contribution in [0.15, 0.2) is 71.5 Å². The largest absolute Gasteiger partial charge is 0.507 e. The van der Waals surface area contributed by atoms with Gasteiger partial charge in [-0.2, -0.15) is 0 Å². The number of phenols is 1. The van der Waals surface area contributed by atoms with Crippen molar-refractivity contribution in [2.45, 2.75) is 40.0 Å². The van der Waals surface area contributed by atoms with Crippen LogP contribution in [0.5, 0.6) is 5.75 Å². The number of carbonyl (C=O) groups excluding carboxylic acids is 2. The second-order valence-electron chi connectivity index (χ2n) is 9.71. The molecule has 1 atom stereocenters. The Morgan fingerprint density at radius 1 is 1.05 bits per heavy atom. The Labute approximate surface area is 236 Å². The minimum atomic E-state index is -1.49. The maximum absolute atomic E-state index is 15.2. The normalized spacial score (nSPS) is 12.0. The van der Waals surface area contributed by atoms with Crippen LogP contribution in [0.3, 0.4) is 0 Å². The van der Waals surface area contributed by atoms with E-state index in [-0.39, 0.29) is 23.4 Å². The Morgan fingerprint density at radius 3 is 2.49 bits per heavy atom. The molecule has 1 aromatic heterocycles. The predicted molar refractivity (Wildman–Crippen MR) is 150 cm³/mol. The number of aryl methyl sites for hydroxylation is 3. The van der Waals surface area contributed by atoms with Gasteiger partial charge in [-0.3, -0.25) is 9.59 Å². The summed E-state index contributed by atoms with van der Waals surface area (Å²) in [6, 6.07) is 12.2. The number of aliphatic hydroxyl groups excluding tert-OH is 1. The molecule has 0 radical (unpaired) electrons. The molecular weight excluding hydrogens is 530 g/mol. The molecular formula is C32H30F2N2O5. The Bertz CT molecular complexity index is 1590. The van der Waals surface area contributed by atoms with Crippen molar-refractivity contribution in [3.05, 3.63) is 118 Å². The molecule has 0 aliphatic carbocycles. The molecule has 3 aromatic carbocycles. The van der Waals surface area contributed by atoms with Gasteiger partial charge < -0.3 is 24.8 Å². The third-order valence-electron chi connectivity index (χ3n) is 6.83. The summed E-state index contributed by atoms with van der Waals surface area (Å²) >= 11 is 0. The molecule has 2 amide bonds. The van der Waals surface area contributed by atoms with Gasteiger partial charge in [0.15, 0.2) is 0 Å². The number of hydrogen-bond donors (Lipinski definition) is 3. The monoisotopic (exact) mass is 560 g/mol. The van der Waals surface area contributed by atoms with E-state index in [0.717, 1.165) is 22.1 Å². The second kappa shape index (κ2) is 12.6. The number of hydrogen-bond acceptors (Lipinski definition) is 5. The average Bonchev–Trinajstić information content (AvgIpc) is 3.36. The first-order valence-electron chi connectivity index (χ1n) is 12.8. The van der Waals surface area contributed by atoms with Crippen molar-refractivity contribution in [1.82, 2.24) is 10.2 Å². The highest BCUT2D eigenvalue weighted by atomic mass is 19.1. The Hall–Kier alpha value is -4.76. The van der Waals surface area contributed by atoms with Gasteiger partial charge in [0.25, 0.3) is 0 Å². The summed E-state index contributed by atoms with van der Waals surface area (Å²) in [7, 11) is 0. The summed E-state index contributed by atoms with van der Waals surface area (Å²) in [5, 5.41) is 22.7. The number of amides is 2. The van der Waals surface area contributed by atoms with Crippen LogP contribution in [0, 0.1) is 32.4 Å². The van der Waals surface area contributed by atoms with Gasteiger partial charge in [0.05, 0.1) is 12.9 Å². The van der Waals surface area contributed by atoms with Gasteiger partial charge in [-0.1, -0.05) is 18.2 Å². The van der Waals surface area contributed by atoms with Crippen LogP contribution in [0.25, 0.3) is 17.2 Å². The molecule has 0 saturated carbocycles. The molecule has 0 saturated heterocycles. The number of benzene rings is 3. The maximum atomic E-state index is 15.2. The van der Waals surface area contributed by atoms with E-state index in [1.807, 2.05) is 13.0 Å². The number of carbonyl (C=O) groups is 2. The summed E-state index contributed by atoms with van der Waals surface area (Å²) in [4.78, 5) is 26.8. The molecule has 1 heterocycles. The lowest BCUT2D eigenvalue weighted by molar-refractivity contribution is -0.131. The standard InChI is InChI=1S/C32H30F2N2O5/c1-19-10-12-41-28(19)9-11-36(18-38)31(25-14-22(17-37)7-8-26(25)33)32(40)35-16-24-15-23(13-21(3)30(24)34)29-20(2)5-4-6-27(29)39/h4-15,18,31,37,39H,16-17H2,1-3H3,(H,35,40)/b11-9-. The number of nitrogens with one attached hydrogen (secondary N) is 1. The van der Waals surface area contributed by atoms with Crippen LogP contribution in [0.1, 0.15) is 45.2 Å². The van der Waals surface area contributed by atoms with Crippen molar-refractivity contribution in [2.75, 3.05) is 0 Å². The van der Waals surface area contributed by atoms with Gasteiger partial charge in [-0.25, -0.2) is 8.78 Å². The Morgan fingerprint density at radius 2 is 1.83 bits per heavy atom. The zero-order chi connectivity index (χ0) is 29.7. The van der Waals surface area contributed by atoms with E-state index in [2.05, 4.69) is 5.32 Å². The van der Waals surface area contributed by atoms with Crippen molar-refractivity contribution in [3.63, 3.8) is 0 Å². The Kier molecular flexibility index (Phi) is 8.99. The summed E-state index contributed by atoms with van der Waals surface area (Å²) in [5.74, 6) is -1.63. The highest BCUT2D eigenvalue weighted by Gasteiger charge is 2.29. The first kappa shape index (κ1) is 29.2. The van der Waals surface area contributed by atoms with Crippen LogP contribution in [-0.4, -0.2) is 27.4 Å². The summed E-state index contributed by atoms with van der Waals surface area (Å²) in [6.45, 7) is 4.50. The number of aromatic hydroxyl groups is 1. The molecule has 7 nitrogen and oxygen atoms in total. The summed E-state index contributed by atoms with van der Waals surface area (Å²) in [6.07, 6.45) is 4.60. The third kappa shape index (κ3) is 6.36. The number of aliphatic hydroxyl groups is 1. The lowest BCUT2D eigenvalue weighted by atomic mass is 9.95. The van der Waals surface area contributed by atoms with Crippen LogP contribution >= 0.6 is 0 Å². The first-order chi connectivity index (χ1) is 19.6. The molecule has 4 aromatic rings. The van der Waals surface area contributed by atoms with E-state index in [1.54, 1.807) is 32.0 Å². The lowest BCUT2D eigenvalue weighted by Crippen LogP contribution is -2.38. The van der Waals surface area contributed by atoms with Gasteiger partial charge in [-0.05, 0) is 91.1 Å². The van der Waals surface area contributed by atoms with Crippen LogP contribution in [0.4, 0.5) is 8.78 Å². The minimum absolute atomic E-state index is 0.0329. The predicted octanol–water partition coefficient (Wildman–Crippen LogP) is 5.83. The van der Waals surface area contributed by atoms with E-state index in [0.29, 0.717) is 34.4 Å². The van der Waals surface area contributed by atoms with Crippen molar-refractivity contribution in [1.29, 1.82) is 0 Å². The molecule has 0 aliphatic heterocycles. The van der Waals surface area contributed by atoms with E-state index >= 15 is 8.78 Å². The van der Waals surface area contributed by atoms with E-state index < -0.39 is 30.2 Å². The molecule has 0 aliphatic rings. The molecule has 0 spiro atoms. The number of furan rings is 1.